The fraction of sp³-hybridized carbons (Fsp3) is 0.125. The molecule has 3 nitrogen and oxygen atoms in total. The molecule has 0 saturated heterocycles. The van der Waals surface area contributed by atoms with Crippen molar-refractivity contribution in [3.8, 4) is 0 Å². The van der Waals surface area contributed by atoms with Gasteiger partial charge >= 0.3 is 11.3 Å². The summed E-state index contributed by atoms with van der Waals surface area (Å²) in [6, 6.07) is 7.64. The van der Waals surface area contributed by atoms with Gasteiger partial charge in [-0.2, -0.15) is 0 Å². The highest BCUT2D eigenvalue weighted by molar-refractivity contribution is 6.33. The van der Waals surface area contributed by atoms with E-state index < -0.39 is 11.3 Å². The molecule has 3 aromatic carbocycles. The summed E-state index contributed by atoms with van der Waals surface area (Å²) in [6.45, 7) is 4.15. The number of hydrogen-bond acceptors (Lipinski definition) is 3. The molecule has 0 saturated carbocycles. The smallest absolute Gasteiger partial charge is 0.347 e. The first-order valence-corrected chi connectivity index (χ1v) is 6.14. The number of aryl methyl sites for hydroxylation is 2. The molecular weight excluding hydrogens is 240 g/mol. The third-order valence-electron chi connectivity index (χ3n) is 4.09. The number of furan rings is 1. The van der Waals surface area contributed by atoms with Gasteiger partial charge in [0.1, 0.15) is 0 Å². The molecule has 0 bridgehead atoms. The van der Waals surface area contributed by atoms with Gasteiger partial charge in [-0.25, -0.2) is 9.59 Å². The van der Waals surface area contributed by atoms with Crippen LogP contribution < -0.4 is 11.3 Å². The molecular formula is C16H10O3. The minimum Gasteiger partial charge on any atom is -0.386 e. The van der Waals surface area contributed by atoms with Crippen molar-refractivity contribution in [2.24, 2.45) is 0 Å². The van der Waals surface area contributed by atoms with Crippen LogP contribution in [0, 0.1) is 13.8 Å². The standard InChI is InChI=1S/C16H10O3/c1-7-3-4-9-12(8(7)2)10-5-6-11-14(13(9)10)16(18)19-15(11)17/h3-6H,1-2H3. The fourth-order valence-electron chi connectivity index (χ4n) is 2.97. The monoisotopic (exact) mass is 250 g/mol. The molecule has 0 aliphatic heterocycles. The maximum Gasteiger partial charge on any atom is 0.347 e. The van der Waals surface area contributed by atoms with Crippen LogP contribution in [0.5, 0.6) is 0 Å². The molecule has 0 N–H and O–H groups in total. The van der Waals surface area contributed by atoms with Gasteiger partial charge in [0.25, 0.3) is 0 Å². The van der Waals surface area contributed by atoms with Gasteiger partial charge in [0, 0.05) is 5.39 Å². The molecule has 0 atom stereocenters. The Labute approximate surface area is 107 Å². The third-order valence-corrected chi connectivity index (χ3v) is 4.09. The Morgan fingerprint density at radius 1 is 0.737 bits per heavy atom. The van der Waals surface area contributed by atoms with E-state index in [0.29, 0.717) is 10.8 Å². The van der Waals surface area contributed by atoms with Crippen LogP contribution in [0.3, 0.4) is 0 Å². The predicted octanol–water partition coefficient (Wildman–Crippen LogP) is 2.95. The van der Waals surface area contributed by atoms with Crippen molar-refractivity contribution < 1.29 is 4.42 Å². The van der Waals surface area contributed by atoms with Crippen molar-refractivity contribution in [2.45, 2.75) is 13.8 Å². The Hall–Kier alpha value is -2.42. The number of hydrogen-bond donors (Lipinski definition) is 0. The van der Waals surface area contributed by atoms with E-state index in [1.807, 2.05) is 18.2 Å². The summed E-state index contributed by atoms with van der Waals surface area (Å²) in [7, 11) is 0. The molecule has 0 fully saturated rings. The molecule has 19 heavy (non-hydrogen) atoms. The summed E-state index contributed by atoms with van der Waals surface area (Å²) >= 11 is 0. The molecule has 0 unspecified atom stereocenters. The minimum absolute atomic E-state index is 0.382. The first-order chi connectivity index (χ1) is 9.09. The first-order valence-electron chi connectivity index (χ1n) is 6.14. The Morgan fingerprint density at radius 3 is 2.11 bits per heavy atom. The van der Waals surface area contributed by atoms with Crippen LogP contribution in [0.25, 0.3) is 32.3 Å². The van der Waals surface area contributed by atoms with E-state index >= 15 is 0 Å². The summed E-state index contributed by atoms with van der Waals surface area (Å²) in [5.41, 5.74) is 1.38. The molecule has 0 spiro atoms. The molecule has 1 heterocycles. The van der Waals surface area contributed by atoms with Gasteiger partial charge in [0.15, 0.2) is 0 Å². The summed E-state index contributed by atoms with van der Waals surface area (Å²) in [4.78, 5) is 23.4. The zero-order valence-corrected chi connectivity index (χ0v) is 10.5. The zero-order valence-electron chi connectivity index (χ0n) is 10.5. The molecule has 0 amide bonds. The quantitative estimate of drug-likeness (QED) is 0.482. The summed E-state index contributed by atoms with van der Waals surface area (Å²) in [5.74, 6) is 0. The SMILES string of the molecule is Cc1ccc2c(c1C)c1ccc3c(=O)oc(=O)c3c21. The average Bonchev–Trinajstić information content (AvgIpc) is 2.63. The van der Waals surface area contributed by atoms with E-state index in [1.165, 1.54) is 16.5 Å². The lowest BCUT2D eigenvalue weighted by Gasteiger charge is -2.15. The maximum atomic E-state index is 11.8. The van der Waals surface area contributed by atoms with E-state index in [9.17, 15) is 9.59 Å². The Kier molecular flexibility index (Phi) is 1.72. The number of rotatable bonds is 0. The molecule has 0 aliphatic carbocycles. The highest BCUT2D eigenvalue weighted by Gasteiger charge is 2.20. The molecule has 4 aromatic rings. The summed E-state index contributed by atoms with van der Waals surface area (Å²) < 4.78 is 4.69. The highest BCUT2D eigenvalue weighted by atomic mass is 16.4. The van der Waals surface area contributed by atoms with Crippen LogP contribution >= 0.6 is 0 Å². The second kappa shape index (κ2) is 3.12. The molecule has 92 valence electrons. The Balaban J connectivity index is 2.37. The van der Waals surface area contributed by atoms with Crippen LogP contribution in [0.4, 0.5) is 0 Å². The third kappa shape index (κ3) is 1.08. The van der Waals surface area contributed by atoms with Crippen molar-refractivity contribution in [3.05, 3.63) is 56.2 Å². The van der Waals surface area contributed by atoms with Crippen molar-refractivity contribution in [2.75, 3.05) is 0 Å². The molecule has 0 radical (unpaired) electrons. The van der Waals surface area contributed by atoms with Gasteiger partial charge in [-0.05, 0) is 47.2 Å². The van der Waals surface area contributed by atoms with Crippen molar-refractivity contribution in [3.63, 3.8) is 0 Å². The number of fused-ring (bicyclic) bond motifs is 6. The average molecular weight is 250 g/mol. The normalized spacial score (nSPS) is 12.1. The molecule has 3 heteroatoms. The zero-order chi connectivity index (χ0) is 13.3. The summed E-state index contributed by atoms with van der Waals surface area (Å²) in [6.07, 6.45) is 0. The largest absolute Gasteiger partial charge is 0.386 e. The van der Waals surface area contributed by atoms with Crippen LogP contribution in [0.15, 0.2) is 38.3 Å². The predicted molar refractivity (Wildman–Crippen MR) is 75.6 cm³/mol. The number of benzene rings is 2. The minimum atomic E-state index is -0.542. The fourth-order valence-corrected chi connectivity index (χ4v) is 2.97. The van der Waals surface area contributed by atoms with Crippen molar-refractivity contribution in [1.29, 1.82) is 0 Å². The topological polar surface area (TPSA) is 47.3 Å². The second-order valence-corrected chi connectivity index (χ2v) is 5.02. The first kappa shape index (κ1) is 10.5. The van der Waals surface area contributed by atoms with Gasteiger partial charge in [0.2, 0.25) is 0 Å². The molecule has 1 aromatic heterocycles. The van der Waals surface area contributed by atoms with Crippen LogP contribution in [0.1, 0.15) is 11.1 Å². The van der Waals surface area contributed by atoms with E-state index in [1.54, 1.807) is 6.07 Å². The molecule has 0 aliphatic rings. The van der Waals surface area contributed by atoms with Crippen LogP contribution in [-0.2, 0) is 0 Å². The van der Waals surface area contributed by atoms with Gasteiger partial charge in [-0.1, -0.05) is 18.2 Å². The van der Waals surface area contributed by atoms with E-state index in [2.05, 4.69) is 13.8 Å². The van der Waals surface area contributed by atoms with Crippen LogP contribution in [-0.4, -0.2) is 0 Å². The van der Waals surface area contributed by atoms with Gasteiger partial charge in [-0.3, -0.25) is 0 Å². The highest BCUT2D eigenvalue weighted by Crippen LogP contribution is 2.40. The maximum absolute atomic E-state index is 11.8. The Morgan fingerprint density at radius 2 is 1.37 bits per heavy atom. The lowest BCUT2D eigenvalue weighted by molar-refractivity contribution is 0.500. The van der Waals surface area contributed by atoms with E-state index in [-0.39, 0.29) is 0 Å². The van der Waals surface area contributed by atoms with Crippen molar-refractivity contribution in [1.82, 2.24) is 0 Å². The van der Waals surface area contributed by atoms with Crippen molar-refractivity contribution >= 4 is 32.3 Å². The molecule has 4 rings (SSSR count). The van der Waals surface area contributed by atoms with Gasteiger partial charge < -0.3 is 4.42 Å². The second-order valence-electron chi connectivity index (χ2n) is 5.02. The van der Waals surface area contributed by atoms with E-state index in [4.69, 9.17) is 4.42 Å². The summed E-state index contributed by atoms with van der Waals surface area (Å²) in [5, 5.41) is 4.95. The Bertz CT molecular complexity index is 1040. The van der Waals surface area contributed by atoms with Gasteiger partial charge in [-0.15, -0.1) is 0 Å². The lowest BCUT2D eigenvalue weighted by Crippen LogP contribution is -1.97. The van der Waals surface area contributed by atoms with E-state index in [0.717, 1.165) is 16.2 Å². The lowest BCUT2D eigenvalue weighted by atomic mass is 9.87. The van der Waals surface area contributed by atoms with Gasteiger partial charge in [0.05, 0.1) is 10.8 Å². The van der Waals surface area contributed by atoms with Crippen LogP contribution in [0.2, 0.25) is 0 Å².